The lowest BCUT2D eigenvalue weighted by molar-refractivity contribution is -0.137. The van der Waals surface area contributed by atoms with Crippen LogP contribution in [0, 0.1) is 0 Å². The number of methoxy groups -OCH3 is 1. The summed E-state index contributed by atoms with van der Waals surface area (Å²) in [6.07, 6.45) is 3.57. The van der Waals surface area contributed by atoms with Crippen LogP contribution in [0.2, 0.25) is 0 Å². The molecule has 2 aromatic heterocycles. The molecule has 2 N–H and O–H groups in total. The Labute approximate surface area is 205 Å². The van der Waals surface area contributed by atoms with E-state index < -0.39 is 17.4 Å². The van der Waals surface area contributed by atoms with Gasteiger partial charge in [0.25, 0.3) is 0 Å². The second-order valence-corrected chi connectivity index (χ2v) is 10.5. The van der Waals surface area contributed by atoms with Crippen molar-refractivity contribution >= 4 is 50.8 Å². The number of aromatic nitrogens is 2. The number of rotatable bonds is 8. The lowest BCUT2D eigenvalue weighted by atomic mass is 10.0. The van der Waals surface area contributed by atoms with Gasteiger partial charge in [0.2, 0.25) is 0 Å². The normalized spacial score (nSPS) is 11.4. The molecule has 0 radical (unpaired) electrons. The van der Waals surface area contributed by atoms with Crippen molar-refractivity contribution in [3.8, 4) is 17.1 Å². The fourth-order valence-corrected chi connectivity index (χ4v) is 5.64. The maximum atomic E-state index is 12.5. The average molecular weight is 497 g/mol. The van der Waals surface area contributed by atoms with Gasteiger partial charge in [0.15, 0.2) is 16.5 Å². The molecule has 0 bridgehead atoms. The van der Waals surface area contributed by atoms with Crippen LogP contribution >= 0.6 is 23.1 Å². The van der Waals surface area contributed by atoms with Crippen LogP contribution in [0.25, 0.3) is 21.5 Å². The van der Waals surface area contributed by atoms with Crippen molar-refractivity contribution in [1.29, 1.82) is 0 Å². The molecule has 2 aromatic carbocycles. The lowest BCUT2D eigenvalue weighted by Crippen LogP contribution is -2.48. The van der Waals surface area contributed by atoms with Crippen molar-refractivity contribution in [2.75, 3.05) is 18.2 Å². The van der Waals surface area contributed by atoms with E-state index in [0.717, 1.165) is 20.3 Å². The molecule has 0 aliphatic rings. The summed E-state index contributed by atoms with van der Waals surface area (Å²) in [6, 6.07) is 13.1. The van der Waals surface area contributed by atoms with Gasteiger partial charge in [-0.1, -0.05) is 23.9 Å². The third-order valence-corrected chi connectivity index (χ3v) is 7.22. The molecule has 4 rings (SSSR count). The van der Waals surface area contributed by atoms with Crippen molar-refractivity contribution in [3.05, 3.63) is 55.1 Å². The van der Waals surface area contributed by atoms with Crippen molar-refractivity contribution in [2.24, 2.45) is 0 Å². The second kappa shape index (κ2) is 10.3. The van der Waals surface area contributed by atoms with Crippen LogP contribution in [0.4, 0.5) is 5.69 Å². The first-order valence-electron chi connectivity index (χ1n) is 10.5. The minimum Gasteiger partial charge on any atom is -0.496 e. The van der Waals surface area contributed by atoms with Crippen LogP contribution in [0.3, 0.4) is 0 Å². The van der Waals surface area contributed by atoms with E-state index in [1.807, 2.05) is 32.0 Å². The van der Waals surface area contributed by atoms with Gasteiger partial charge in [0.05, 0.1) is 29.1 Å². The number of hydrogen-bond acceptors (Lipinski definition) is 8. The SMILES string of the molecule is COc1cc(NC(=O)C(=O)NC(C)(C)CCSc2nc3ccccc3s2)ccc1-c1cnco1. The number of carbonyl (C=O) groups is 2. The van der Waals surface area contributed by atoms with E-state index in [4.69, 9.17) is 9.15 Å². The highest BCUT2D eigenvalue weighted by Gasteiger charge is 2.25. The number of carbonyl (C=O) groups excluding carboxylic acids is 2. The van der Waals surface area contributed by atoms with Gasteiger partial charge < -0.3 is 19.8 Å². The molecule has 0 atom stereocenters. The predicted molar refractivity (Wildman–Crippen MR) is 134 cm³/mol. The minimum absolute atomic E-state index is 0.435. The molecular weight excluding hydrogens is 472 g/mol. The van der Waals surface area contributed by atoms with Gasteiger partial charge in [-0.15, -0.1) is 11.3 Å². The van der Waals surface area contributed by atoms with Crippen LogP contribution < -0.4 is 15.4 Å². The van der Waals surface area contributed by atoms with Crippen LogP contribution in [0.5, 0.6) is 5.75 Å². The van der Waals surface area contributed by atoms with E-state index in [1.54, 1.807) is 47.5 Å². The molecule has 0 unspecified atom stereocenters. The number of oxazole rings is 1. The molecule has 0 spiro atoms. The molecule has 0 fully saturated rings. The van der Waals surface area contributed by atoms with Crippen molar-refractivity contribution in [1.82, 2.24) is 15.3 Å². The Hall–Kier alpha value is -3.37. The number of thiazole rings is 1. The Morgan fingerprint density at radius 3 is 2.74 bits per heavy atom. The third-order valence-electron chi connectivity index (χ3n) is 5.04. The van der Waals surface area contributed by atoms with Crippen LogP contribution in [-0.2, 0) is 9.59 Å². The number of hydrogen-bond donors (Lipinski definition) is 2. The van der Waals surface area contributed by atoms with Crippen LogP contribution in [-0.4, -0.2) is 40.2 Å². The van der Waals surface area contributed by atoms with Gasteiger partial charge >= 0.3 is 11.8 Å². The van der Waals surface area contributed by atoms with Gasteiger partial charge in [-0.3, -0.25) is 9.59 Å². The molecule has 8 nitrogen and oxygen atoms in total. The number of nitrogens with zero attached hydrogens (tertiary/aromatic N) is 2. The molecule has 176 valence electrons. The zero-order valence-corrected chi connectivity index (χ0v) is 20.6. The largest absolute Gasteiger partial charge is 0.496 e. The lowest BCUT2D eigenvalue weighted by Gasteiger charge is -2.25. The van der Waals surface area contributed by atoms with Crippen LogP contribution in [0.15, 0.2) is 63.8 Å². The van der Waals surface area contributed by atoms with Crippen molar-refractivity contribution in [3.63, 3.8) is 0 Å². The van der Waals surface area contributed by atoms with Gasteiger partial charge in [-0.2, -0.15) is 0 Å². The molecule has 0 saturated carbocycles. The summed E-state index contributed by atoms with van der Waals surface area (Å²) < 4.78 is 12.8. The number of ether oxygens (including phenoxy) is 1. The van der Waals surface area contributed by atoms with Gasteiger partial charge in [-0.25, -0.2) is 9.97 Å². The number of para-hydroxylation sites is 1. The summed E-state index contributed by atoms with van der Waals surface area (Å²) in [5, 5.41) is 5.43. The average Bonchev–Trinajstić information content (AvgIpc) is 3.48. The summed E-state index contributed by atoms with van der Waals surface area (Å²) >= 11 is 3.30. The molecule has 10 heteroatoms. The maximum Gasteiger partial charge on any atom is 0.313 e. The van der Waals surface area contributed by atoms with E-state index in [1.165, 1.54) is 13.5 Å². The topological polar surface area (TPSA) is 106 Å². The summed E-state index contributed by atoms with van der Waals surface area (Å²) in [4.78, 5) is 33.5. The van der Waals surface area contributed by atoms with E-state index >= 15 is 0 Å². The highest BCUT2D eigenvalue weighted by molar-refractivity contribution is 8.01. The summed E-state index contributed by atoms with van der Waals surface area (Å²) in [6.45, 7) is 3.79. The first-order chi connectivity index (χ1) is 16.3. The Bertz CT molecular complexity index is 1270. The smallest absolute Gasteiger partial charge is 0.313 e. The van der Waals surface area contributed by atoms with E-state index in [9.17, 15) is 9.59 Å². The van der Waals surface area contributed by atoms with E-state index in [-0.39, 0.29) is 0 Å². The maximum absolute atomic E-state index is 12.5. The standard InChI is InChI=1S/C24H24N4O4S2/c1-24(2,10-11-33-23-27-17-6-4-5-7-20(17)34-23)28-22(30)21(29)26-15-8-9-16(18(12-15)31-3)19-13-25-14-32-19/h4-9,12-14H,10-11H2,1-3H3,(H,26,29)(H,28,30). The first kappa shape index (κ1) is 23.8. The molecule has 4 aromatic rings. The highest BCUT2D eigenvalue weighted by atomic mass is 32.2. The summed E-state index contributed by atoms with van der Waals surface area (Å²) in [7, 11) is 1.52. The molecule has 34 heavy (non-hydrogen) atoms. The van der Waals surface area contributed by atoms with Gasteiger partial charge in [0, 0.05) is 23.0 Å². The van der Waals surface area contributed by atoms with Gasteiger partial charge in [-0.05, 0) is 44.5 Å². The highest BCUT2D eigenvalue weighted by Crippen LogP contribution is 2.32. The van der Waals surface area contributed by atoms with Crippen molar-refractivity contribution < 1.29 is 18.7 Å². The quantitative estimate of drug-likeness (QED) is 0.262. The fourth-order valence-electron chi connectivity index (χ4n) is 3.24. The van der Waals surface area contributed by atoms with Crippen LogP contribution in [0.1, 0.15) is 20.3 Å². The Kier molecular flexibility index (Phi) is 7.18. The summed E-state index contributed by atoms with van der Waals surface area (Å²) in [5.41, 5.74) is 1.55. The van der Waals surface area contributed by atoms with Crippen molar-refractivity contribution in [2.45, 2.75) is 30.1 Å². The Balaban J connectivity index is 1.31. The fraction of sp³-hybridized carbons (Fsp3) is 0.250. The first-order valence-corrected chi connectivity index (χ1v) is 12.3. The van der Waals surface area contributed by atoms with E-state index in [0.29, 0.717) is 29.2 Å². The molecule has 0 saturated heterocycles. The van der Waals surface area contributed by atoms with E-state index in [2.05, 4.69) is 26.7 Å². The summed E-state index contributed by atoms with van der Waals surface area (Å²) in [5.74, 6) is 0.337. The third kappa shape index (κ3) is 5.75. The molecule has 2 heterocycles. The zero-order valence-electron chi connectivity index (χ0n) is 19.0. The molecule has 0 aliphatic carbocycles. The molecular formula is C24H24N4O4S2. The van der Waals surface area contributed by atoms with Gasteiger partial charge in [0.1, 0.15) is 5.75 Å². The minimum atomic E-state index is -0.749. The number of amides is 2. The molecule has 0 aliphatic heterocycles. The second-order valence-electron chi connectivity index (χ2n) is 8.12. The number of thioether (sulfide) groups is 1. The Morgan fingerprint density at radius 1 is 1.18 bits per heavy atom. The molecule has 2 amide bonds. The monoisotopic (exact) mass is 496 g/mol. The number of benzene rings is 2. The Morgan fingerprint density at radius 2 is 2.00 bits per heavy atom. The number of nitrogens with one attached hydrogen (secondary N) is 2. The number of fused-ring (bicyclic) bond motifs is 1. The number of anilines is 1. The predicted octanol–water partition coefficient (Wildman–Crippen LogP) is 4.98. The zero-order chi connectivity index (χ0) is 24.1.